The standard InChI is InChI=1S/C17H20N2O6/c1-18(8-7-17(23)24)15(21)6-4-13(20)11-3-5-14-12(9-11)19(2)16(22)10-25-14/h3,5,9H,4,6-8,10H2,1-2H3,(H,23,24). The number of ketones is 1. The van der Waals surface area contributed by atoms with Crippen molar-refractivity contribution in [3.8, 4) is 5.75 Å². The number of aliphatic carboxylic acids is 1. The van der Waals surface area contributed by atoms with Gasteiger partial charge in [-0.2, -0.15) is 0 Å². The molecule has 2 rings (SSSR count). The highest BCUT2D eigenvalue weighted by Gasteiger charge is 2.23. The van der Waals surface area contributed by atoms with E-state index in [-0.39, 0.29) is 50.0 Å². The lowest BCUT2D eigenvalue weighted by molar-refractivity contribution is -0.138. The Labute approximate surface area is 145 Å². The van der Waals surface area contributed by atoms with Crippen molar-refractivity contribution in [1.29, 1.82) is 0 Å². The Morgan fingerprint density at radius 3 is 2.64 bits per heavy atom. The Hall–Kier alpha value is -2.90. The maximum absolute atomic E-state index is 12.3. The summed E-state index contributed by atoms with van der Waals surface area (Å²) < 4.78 is 5.31. The summed E-state index contributed by atoms with van der Waals surface area (Å²) in [6.45, 7) is 0.0689. The summed E-state index contributed by atoms with van der Waals surface area (Å²) >= 11 is 0. The first kappa shape index (κ1) is 18.4. The molecule has 0 spiro atoms. The van der Waals surface area contributed by atoms with Crippen LogP contribution in [-0.4, -0.2) is 60.8 Å². The van der Waals surface area contributed by atoms with Crippen LogP contribution in [0.3, 0.4) is 0 Å². The lowest BCUT2D eigenvalue weighted by Crippen LogP contribution is -2.35. The van der Waals surface area contributed by atoms with Crippen LogP contribution in [0, 0.1) is 0 Å². The third-order valence-corrected chi connectivity index (χ3v) is 4.02. The highest BCUT2D eigenvalue weighted by molar-refractivity contribution is 6.02. The molecule has 1 aromatic rings. The quantitative estimate of drug-likeness (QED) is 0.735. The average molecular weight is 348 g/mol. The maximum Gasteiger partial charge on any atom is 0.305 e. The SMILES string of the molecule is CN(CCC(=O)O)C(=O)CCC(=O)c1ccc2c(c1)N(C)C(=O)CO2. The molecule has 0 unspecified atom stereocenters. The maximum atomic E-state index is 12.3. The summed E-state index contributed by atoms with van der Waals surface area (Å²) in [4.78, 5) is 49.1. The van der Waals surface area contributed by atoms with Crippen molar-refractivity contribution < 1.29 is 29.0 Å². The van der Waals surface area contributed by atoms with Gasteiger partial charge in [-0.3, -0.25) is 19.2 Å². The van der Waals surface area contributed by atoms with E-state index in [1.165, 1.54) is 16.8 Å². The molecule has 134 valence electrons. The first-order valence-electron chi connectivity index (χ1n) is 7.82. The second-order valence-electron chi connectivity index (χ2n) is 5.81. The van der Waals surface area contributed by atoms with E-state index in [1.54, 1.807) is 25.2 Å². The van der Waals surface area contributed by atoms with Crippen LogP contribution in [0.5, 0.6) is 5.75 Å². The number of hydrogen-bond donors (Lipinski definition) is 1. The van der Waals surface area contributed by atoms with E-state index in [2.05, 4.69) is 0 Å². The molecule has 1 aromatic carbocycles. The Kier molecular flexibility index (Phi) is 5.74. The number of ether oxygens (including phenoxy) is 1. The minimum atomic E-state index is -0.981. The van der Waals surface area contributed by atoms with Crippen LogP contribution in [0.4, 0.5) is 5.69 Å². The molecule has 25 heavy (non-hydrogen) atoms. The van der Waals surface area contributed by atoms with Crippen LogP contribution < -0.4 is 9.64 Å². The number of amides is 2. The van der Waals surface area contributed by atoms with Crippen molar-refractivity contribution in [2.75, 3.05) is 32.1 Å². The van der Waals surface area contributed by atoms with Gasteiger partial charge < -0.3 is 19.6 Å². The Morgan fingerprint density at radius 1 is 1.24 bits per heavy atom. The van der Waals surface area contributed by atoms with Gasteiger partial charge in [0.05, 0.1) is 12.1 Å². The molecule has 0 aromatic heterocycles. The fourth-order valence-electron chi connectivity index (χ4n) is 2.39. The molecule has 0 radical (unpaired) electrons. The third kappa shape index (κ3) is 4.56. The predicted molar refractivity (Wildman–Crippen MR) is 88.8 cm³/mol. The average Bonchev–Trinajstić information content (AvgIpc) is 2.60. The number of carbonyl (C=O) groups is 4. The van der Waals surface area contributed by atoms with Crippen LogP contribution in [-0.2, 0) is 14.4 Å². The van der Waals surface area contributed by atoms with Crippen molar-refractivity contribution in [3.05, 3.63) is 23.8 Å². The molecular weight excluding hydrogens is 328 g/mol. The van der Waals surface area contributed by atoms with Gasteiger partial charge in [0.15, 0.2) is 12.4 Å². The van der Waals surface area contributed by atoms with E-state index in [9.17, 15) is 19.2 Å². The number of carboxylic acid groups (broad SMARTS) is 1. The molecule has 0 bridgehead atoms. The number of rotatable bonds is 7. The molecule has 0 saturated carbocycles. The van der Waals surface area contributed by atoms with Gasteiger partial charge in [-0.25, -0.2) is 0 Å². The Morgan fingerprint density at radius 2 is 1.96 bits per heavy atom. The number of likely N-dealkylation sites (N-methyl/N-ethyl adjacent to an activating group) is 1. The molecule has 1 aliphatic heterocycles. The van der Waals surface area contributed by atoms with Crippen LogP contribution >= 0.6 is 0 Å². The van der Waals surface area contributed by atoms with Gasteiger partial charge in [-0.1, -0.05) is 0 Å². The number of Topliss-reactive ketones (excluding diaryl/α,β-unsaturated/α-hetero) is 1. The zero-order chi connectivity index (χ0) is 18.6. The van der Waals surface area contributed by atoms with Crippen molar-refractivity contribution in [2.45, 2.75) is 19.3 Å². The summed E-state index contributed by atoms with van der Waals surface area (Å²) in [6, 6.07) is 4.81. The number of fused-ring (bicyclic) bond motifs is 1. The molecule has 2 amide bonds. The number of nitrogens with zero attached hydrogens (tertiary/aromatic N) is 2. The minimum absolute atomic E-state index is 0.00267. The van der Waals surface area contributed by atoms with Crippen LogP contribution in [0.15, 0.2) is 18.2 Å². The van der Waals surface area contributed by atoms with E-state index in [0.717, 1.165) is 0 Å². The van der Waals surface area contributed by atoms with Gasteiger partial charge in [0.2, 0.25) is 5.91 Å². The van der Waals surface area contributed by atoms with Crippen LogP contribution in [0.2, 0.25) is 0 Å². The first-order chi connectivity index (χ1) is 11.8. The zero-order valence-corrected chi connectivity index (χ0v) is 14.2. The molecular formula is C17H20N2O6. The molecule has 0 aliphatic carbocycles. The second-order valence-corrected chi connectivity index (χ2v) is 5.81. The van der Waals surface area contributed by atoms with Crippen molar-refractivity contribution >= 4 is 29.3 Å². The summed E-state index contributed by atoms with van der Waals surface area (Å²) in [5.41, 5.74) is 0.914. The predicted octanol–water partition coefficient (Wildman–Crippen LogP) is 0.938. The zero-order valence-electron chi connectivity index (χ0n) is 14.2. The largest absolute Gasteiger partial charge is 0.482 e. The number of anilines is 1. The smallest absolute Gasteiger partial charge is 0.305 e. The fraction of sp³-hybridized carbons (Fsp3) is 0.412. The van der Waals surface area contributed by atoms with E-state index in [4.69, 9.17) is 9.84 Å². The third-order valence-electron chi connectivity index (χ3n) is 4.02. The number of benzene rings is 1. The highest BCUT2D eigenvalue weighted by Crippen LogP contribution is 2.32. The van der Waals surface area contributed by atoms with E-state index >= 15 is 0 Å². The topological polar surface area (TPSA) is 104 Å². The van der Waals surface area contributed by atoms with Gasteiger partial charge in [-0.15, -0.1) is 0 Å². The fourth-order valence-corrected chi connectivity index (χ4v) is 2.39. The second kappa shape index (κ2) is 7.78. The van der Waals surface area contributed by atoms with Gasteiger partial charge in [0, 0.05) is 39.0 Å². The van der Waals surface area contributed by atoms with Gasteiger partial charge in [-0.05, 0) is 18.2 Å². The summed E-state index contributed by atoms with van der Waals surface area (Å²) in [6.07, 6.45) is -0.133. The van der Waals surface area contributed by atoms with E-state index < -0.39 is 5.97 Å². The van der Waals surface area contributed by atoms with Crippen molar-refractivity contribution in [3.63, 3.8) is 0 Å². The normalized spacial score (nSPS) is 13.0. The number of carbonyl (C=O) groups excluding carboxylic acids is 3. The van der Waals surface area contributed by atoms with Gasteiger partial charge >= 0.3 is 5.97 Å². The first-order valence-corrected chi connectivity index (χ1v) is 7.82. The van der Waals surface area contributed by atoms with Crippen molar-refractivity contribution in [2.24, 2.45) is 0 Å². The lowest BCUT2D eigenvalue weighted by atomic mass is 10.0. The van der Waals surface area contributed by atoms with Gasteiger partial charge in [0.1, 0.15) is 5.75 Å². The summed E-state index contributed by atoms with van der Waals surface area (Å²) in [5.74, 6) is -1.17. The van der Waals surface area contributed by atoms with E-state index in [1.807, 2.05) is 0 Å². The minimum Gasteiger partial charge on any atom is -0.482 e. The summed E-state index contributed by atoms with van der Waals surface area (Å²) in [7, 11) is 3.12. The molecule has 1 heterocycles. The van der Waals surface area contributed by atoms with Gasteiger partial charge in [0.25, 0.3) is 5.91 Å². The molecule has 8 nitrogen and oxygen atoms in total. The molecule has 0 fully saturated rings. The monoisotopic (exact) mass is 348 g/mol. The highest BCUT2D eigenvalue weighted by atomic mass is 16.5. The molecule has 0 saturated heterocycles. The Bertz CT molecular complexity index is 715. The molecule has 8 heteroatoms. The molecule has 1 aliphatic rings. The summed E-state index contributed by atoms with van der Waals surface area (Å²) in [5, 5.41) is 8.62. The van der Waals surface area contributed by atoms with Crippen molar-refractivity contribution in [1.82, 2.24) is 4.90 Å². The molecule has 0 atom stereocenters. The van der Waals surface area contributed by atoms with Crippen LogP contribution in [0.25, 0.3) is 0 Å². The van der Waals surface area contributed by atoms with E-state index in [0.29, 0.717) is 17.0 Å². The molecule has 1 N–H and O–H groups in total. The number of carboxylic acids is 1. The van der Waals surface area contributed by atoms with Crippen LogP contribution in [0.1, 0.15) is 29.6 Å². The lowest BCUT2D eigenvalue weighted by Gasteiger charge is -2.26. The Balaban J connectivity index is 1.96. The number of hydrogen-bond acceptors (Lipinski definition) is 5.